The molecule has 6 amide bonds. The van der Waals surface area contributed by atoms with Crippen molar-refractivity contribution in [2.24, 2.45) is 0 Å². The summed E-state index contributed by atoms with van der Waals surface area (Å²) in [6.45, 7) is -2.37. The van der Waals surface area contributed by atoms with Crippen LogP contribution in [0, 0.1) is 0 Å². The number of aromatic amines is 1. The number of carboxylic acid groups (broad SMARTS) is 1. The Hall–Kier alpha value is -4.80. The van der Waals surface area contributed by atoms with Gasteiger partial charge >= 0.3 is 5.97 Å². The molecule has 3 atom stereocenters. The maximum atomic E-state index is 13.7. The minimum Gasteiger partial charge on any atom is -0.481 e. The van der Waals surface area contributed by atoms with E-state index in [0.29, 0.717) is 5.69 Å². The van der Waals surface area contributed by atoms with Crippen molar-refractivity contribution >= 4 is 41.4 Å². The van der Waals surface area contributed by atoms with E-state index in [1.54, 1.807) is 0 Å². The molecule has 3 N–H and O–H groups in total. The predicted molar refractivity (Wildman–Crippen MR) is 137 cm³/mol. The first kappa shape index (κ1) is 28.7. The molecule has 0 saturated carbocycles. The monoisotopic (exact) mass is 586 g/mol. The molecule has 1 aromatic heterocycles. The van der Waals surface area contributed by atoms with Crippen LogP contribution in [0.2, 0.25) is 0 Å². The van der Waals surface area contributed by atoms with Gasteiger partial charge in [-0.3, -0.25) is 33.6 Å². The van der Waals surface area contributed by atoms with E-state index in [0.717, 1.165) is 19.6 Å². The second-order valence-corrected chi connectivity index (χ2v) is 10.4. The number of piperazine rings is 2. The van der Waals surface area contributed by atoms with Crippen LogP contribution in [0.25, 0.3) is 0 Å². The average Bonchev–Trinajstić information content (AvgIpc) is 3.46. The van der Waals surface area contributed by atoms with Crippen molar-refractivity contribution in [1.29, 1.82) is 0 Å². The van der Waals surface area contributed by atoms with Gasteiger partial charge in [0, 0.05) is 56.9 Å². The number of carbonyl (C=O) groups is 7. The number of nitrogens with one attached hydrogen (secondary N) is 1. The van der Waals surface area contributed by atoms with Crippen molar-refractivity contribution in [2.45, 2.75) is 31.0 Å². The highest BCUT2D eigenvalue weighted by Crippen LogP contribution is 2.22. The molecule has 42 heavy (non-hydrogen) atoms. The molecule has 6 bridgehead atoms. The summed E-state index contributed by atoms with van der Waals surface area (Å²) in [5.74, 6) is -5.29. The number of carbonyl (C=O) groups excluding carboxylic acids is 6. The van der Waals surface area contributed by atoms with Crippen molar-refractivity contribution in [1.82, 2.24) is 39.4 Å². The van der Waals surface area contributed by atoms with Gasteiger partial charge < -0.3 is 44.6 Å². The summed E-state index contributed by atoms with van der Waals surface area (Å²) in [6, 6.07) is -3.85. The first-order chi connectivity index (χ1) is 20.1. The Balaban J connectivity index is 1.53. The minimum atomic E-state index is -1.42. The van der Waals surface area contributed by atoms with Gasteiger partial charge in [-0.2, -0.15) is 0 Å². The molecule has 17 nitrogen and oxygen atoms in total. The number of H-pyrrole nitrogens is 1. The van der Waals surface area contributed by atoms with Crippen LogP contribution in [0.15, 0.2) is 24.9 Å². The number of aliphatic hydroxyl groups is 1. The zero-order chi connectivity index (χ0) is 30.1. The van der Waals surface area contributed by atoms with Crippen LogP contribution in [-0.4, -0.2) is 162 Å². The van der Waals surface area contributed by atoms with Crippen LogP contribution >= 0.6 is 0 Å². The van der Waals surface area contributed by atoms with Crippen molar-refractivity contribution in [2.75, 3.05) is 52.4 Å². The quantitative estimate of drug-likeness (QED) is 0.305. The first-order valence-corrected chi connectivity index (χ1v) is 13.4. The van der Waals surface area contributed by atoms with E-state index in [1.807, 2.05) is 0 Å². The molecule has 0 radical (unpaired) electrons. The molecule has 9 aliphatic rings. The Bertz CT molecular complexity index is 1330. The van der Waals surface area contributed by atoms with Crippen LogP contribution in [-0.2, 0) is 40.0 Å². The van der Waals surface area contributed by atoms with E-state index in [4.69, 9.17) is 0 Å². The van der Waals surface area contributed by atoms with E-state index >= 15 is 0 Å². The number of rotatable bonds is 5. The molecule has 0 unspecified atom stereocenters. The third-order valence-corrected chi connectivity index (χ3v) is 7.87. The number of hydrogen-bond acceptors (Lipinski definition) is 9. The van der Waals surface area contributed by atoms with Crippen molar-refractivity contribution < 1.29 is 43.8 Å². The lowest BCUT2D eigenvalue weighted by Crippen LogP contribution is -2.65. The van der Waals surface area contributed by atoms with Crippen LogP contribution in [0.1, 0.15) is 12.1 Å². The highest BCUT2D eigenvalue weighted by Gasteiger charge is 2.44. The molecule has 224 valence electrons. The molecular formula is C25H30N8O9. The maximum absolute atomic E-state index is 13.7. The van der Waals surface area contributed by atoms with Gasteiger partial charge in [0.15, 0.2) is 0 Å². The van der Waals surface area contributed by atoms with E-state index < -0.39 is 92.2 Å². The van der Waals surface area contributed by atoms with E-state index in [-0.39, 0.29) is 32.6 Å². The lowest BCUT2D eigenvalue weighted by atomic mass is 10.0. The molecular weight excluding hydrogens is 556 g/mol. The second-order valence-electron chi connectivity index (χ2n) is 10.4. The van der Waals surface area contributed by atoms with Gasteiger partial charge in [-0.15, -0.1) is 0 Å². The molecule has 1 aromatic rings. The number of amides is 6. The number of carboxylic acids is 1. The fourth-order valence-electron chi connectivity index (χ4n) is 5.68. The van der Waals surface area contributed by atoms with E-state index in [2.05, 4.69) is 9.97 Å². The summed E-state index contributed by atoms with van der Waals surface area (Å²) in [5.41, 5.74) is 0.549. The van der Waals surface area contributed by atoms with Gasteiger partial charge in [0.05, 0.1) is 25.9 Å². The number of nitrogens with zero attached hydrogens (tertiary/aromatic N) is 7. The van der Waals surface area contributed by atoms with Gasteiger partial charge in [0.25, 0.3) is 5.91 Å². The molecule has 17 heteroatoms. The fraction of sp³-hybridized carbons (Fsp3) is 0.520. The van der Waals surface area contributed by atoms with Crippen LogP contribution in [0.3, 0.4) is 0 Å². The van der Waals surface area contributed by atoms with Crippen LogP contribution in [0.5, 0.6) is 0 Å². The summed E-state index contributed by atoms with van der Waals surface area (Å²) in [4.78, 5) is 106. The number of imidazole rings is 1. The Kier molecular flexibility index (Phi) is 7.93. The molecule has 0 aromatic carbocycles. The fourth-order valence-corrected chi connectivity index (χ4v) is 5.68. The topological polar surface area (TPSA) is 208 Å². The second kappa shape index (κ2) is 11.6. The van der Waals surface area contributed by atoms with Gasteiger partial charge in [0.2, 0.25) is 29.5 Å². The number of hydrogen-bond donors (Lipinski definition) is 3. The molecule has 4 saturated heterocycles. The Morgan fingerprint density at radius 2 is 1.43 bits per heavy atom. The maximum Gasteiger partial charge on any atom is 0.305 e. The van der Waals surface area contributed by atoms with Crippen LogP contribution < -0.4 is 0 Å². The van der Waals surface area contributed by atoms with Crippen LogP contribution in [0.4, 0.5) is 0 Å². The summed E-state index contributed by atoms with van der Waals surface area (Å²) in [6.07, 6.45) is 4.68. The number of aliphatic carboxylic acids is 1. The Morgan fingerprint density at radius 3 is 2.05 bits per heavy atom. The van der Waals surface area contributed by atoms with Crippen molar-refractivity contribution in [3.05, 3.63) is 30.6 Å². The highest BCUT2D eigenvalue weighted by molar-refractivity contribution is 5.98. The Labute approximate surface area is 238 Å². The number of aromatic nitrogens is 2. The van der Waals surface area contributed by atoms with Gasteiger partial charge in [-0.1, -0.05) is 0 Å². The van der Waals surface area contributed by atoms with Gasteiger partial charge in [-0.25, -0.2) is 4.98 Å². The molecule has 10 heterocycles. The first-order valence-electron chi connectivity index (χ1n) is 13.4. The summed E-state index contributed by atoms with van der Waals surface area (Å²) in [7, 11) is 0. The smallest absolute Gasteiger partial charge is 0.305 e. The van der Waals surface area contributed by atoms with Gasteiger partial charge in [-0.05, 0) is 0 Å². The zero-order valence-corrected chi connectivity index (χ0v) is 22.5. The predicted octanol–water partition coefficient (Wildman–Crippen LogP) is -3.98. The summed E-state index contributed by atoms with van der Waals surface area (Å²) < 4.78 is 0. The molecule has 4 fully saturated rings. The Morgan fingerprint density at radius 1 is 0.810 bits per heavy atom. The molecule has 0 spiro atoms. The summed E-state index contributed by atoms with van der Waals surface area (Å²) >= 11 is 0. The molecule has 9 aliphatic heterocycles. The third kappa shape index (κ3) is 5.41. The highest BCUT2D eigenvalue weighted by atomic mass is 16.4. The largest absolute Gasteiger partial charge is 0.481 e. The van der Waals surface area contributed by atoms with E-state index in [1.165, 1.54) is 34.7 Å². The van der Waals surface area contributed by atoms with E-state index in [9.17, 15) is 43.8 Å². The summed E-state index contributed by atoms with van der Waals surface area (Å²) in [5, 5.41) is 19.5. The number of aliphatic hydroxyl groups excluding tert-OH is 1. The molecule has 0 aliphatic carbocycles. The normalized spacial score (nSPS) is 25.7. The third-order valence-electron chi connectivity index (χ3n) is 7.87. The zero-order valence-electron chi connectivity index (χ0n) is 22.5. The van der Waals surface area contributed by atoms with Crippen molar-refractivity contribution in [3.8, 4) is 0 Å². The minimum absolute atomic E-state index is 0.0152. The average molecular weight is 587 g/mol. The van der Waals surface area contributed by atoms with Crippen molar-refractivity contribution in [3.63, 3.8) is 0 Å². The molecule has 10 rings (SSSR count). The van der Waals surface area contributed by atoms with Gasteiger partial charge in [0.1, 0.15) is 31.2 Å². The SMILES string of the molecule is O=C(O)C[C@H]1C(=O)N2CCN1C(=O)CN1CCN(C(=O)CN3C=CN(C(=O)C2)[C@@H](CO)C3=O)[C@@H](Cc2cnc[nH]2)C1=O. The lowest BCUT2D eigenvalue weighted by Gasteiger charge is -2.44. The lowest BCUT2D eigenvalue weighted by molar-refractivity contribution is -0.162. The standard InChI is InChI=1S/C25H30N8O9/c34-13-18-25(42)30-3-6-33(18)21(37)12-29-2-5-32(17(24(29)41)8-22(38)39)20(36)10-28-1-4-31(19(35)11-30)16(23(28)40)7-15-9-26-14-27-15/h3,6,9,14,16-18,34H,1-2,4-5,7-8,10-13H2,(H,26,27)(H,38,39)/t16-,17-,18-/m0/s1.